The first kappa shape index (κ1) is 17.3. The third-order valence-electron chi connectivity index (χ3n) is 4.43. The van der Waals surface area contributed by atoms with E-state index in [1.165, 1.54) is 0 Å². The molecule has 1 aliphatic carbocycles. The number of carbonyl (C=O) groups is 1. The summed E-state index contributed by atoms with van der Waals surface area (Å²) in [6.45, 7) is 1.87. The van der Waals surface area contributed by atoms with Crippen molar-refractivity contribution in [3.05, 3.63) is 29.3 Å². The second-order valence-corrected chi connectivity index (χ2v) is 6.01. The maximum atomic E-state index is 14.0. The first-order valence-corrected chi connectivity index (χ1v) is 7.78. The fourth-order valence-corrected chi connectivity index (χ4v) is 3.16. The Kier molecular flexibility index (Phi) is 5.59. The number of amides is 1. The van der Waals surface area contributed by atoms with E-state index in [1.54, 1.807) is 11.9 Å². The largest absolute Gasteiger partial charge is 0.475 e. The minimum absolute atomic E-state index is 0.0201. The van der Waals surface area contributed by atoms with E-state index in [1.807, 2.05) is 0 Å². The smallest absolute Gasteiger partial charge is 0.254 e. The molecule has 0 heterocycles. The molecule has 0 aliphatic heterocycles. The fourth-order valence-electron chi connectivity index (χ4n) is 3.16. The van der Waals surface area contributed by atoms with Crippen molar-refractivity contribution < 1.29 is 18.3 Å². The second kappa shape index (κ2) is 7.45. The van der Waals surface area contributed by atoms with E-state index in [0.717, 1.165) is 37.8 Å². The predicted molar refractivity (Wildman–Crippen MR) is 84.2 cm³/mol. The molecule has 0 N–H and O–H groups in total. The summed E-state index contributed by atoms with van der Waals surface area (Å²) in [6, 6.07) is 2.10. The summed E-state index contributed by atoms with van der Waals surface area (Å²) in [5, 5.41) is 0. The highest BCUT2D eigenvalue weighted by molar-refractivity contribution is 5.94. The Morgan fingerprint density at radius 1 is 1.35 bits per heavy atom. The Morgan fingerprint density at radius 2 is 1.96 bits per heavy atom. The highest BCUT2D eigenvalue weighted by atomic mass is 19.1. The van der Waals surface area contributed by atoms with Crippen LogP contribution < -0.4 is 4.74 Å². The molecule has 1 aromatic carbocycles. The van der Waals surface area contributed by atoms with Crippen LogP contribution in [0.5, 0.6) is 5.75 Å². The van der Waals surface area contributed by atoms with Gasteiger partial charge < -0.3 is 9.64 Å². The van der Waals surface area contributed by atoms with Crippen LogP contribution in [0.15, 0.2) is 12.1 Å². The molecule has 1 saturated carbocycles. The summed E-state index contributed by atoms with van der Waals surface area (Å²) in [4.78, 5) is 14.1. The van der Waals surface area contributed by atoms with Crippen LogP contribution in [0, 0.1) is 29.9 Å². The molecule has 0 bridgehead atoms. The van der Waals surface area contributed by atoms with Gasteiger partial charge in [-0.15, -0.1) is 6.42 Å². The molecule has 0 aromatic heterocycles. The molecule has 1 aromatic rings. The van der Waals surface area contributed by atoms with E-state index in [9.17, 15) is 13.6 Å². The van der Waals surface area contributed by atoms with Crippen LogP contribution in [0.25, 0.3) is 0 Å². The topological polar surface area (TPSA) is 29.5 Å². The van der Waals surface area contributed by atoms with Crippen molar-refractivity contribution >= 4 is 5.91 Å². The van der Waals surface area contributed by atoms with Gasteiger partial charge >= 0.3 is 0 Å². The quantitative estimate of drug-likeness (QED) is 0.793. The monoisotopic (exact) mass is 321 g/mol. The van der Waals surface area contributed by atoms with Gasteiger partial charge in [-0.2, -0.15) is 0 Å². The first-order chi connectivity index (χ1) is 11.0. The fraction of sp³-hybridized carbons (Fsp3) is 0.500. The van der Waals surface area contributed by atoms with Crippen LogP contribution in [0.4, 0.5) is 8.78 Å². The number of benzene rings is 1. The molecule has 2 rings (SSSR count). The molecule has 0 spiro atoms. The van der Waals surface area contributed by atoms with Crippen molar-refractivity contribution in [2.45, 2.75) is 38.6 Å². The van der Waals surface area contributed by atoms with Crippen LogP contribution >= 0.6 is 0 Å². The summed E-state index contributed by atoms with van der Waals surface area (Å²) >= 11 is 0. The van der Waals surface area contributed by atoms with Crippen LogP contribution in [0.2, 0.25) is 0 Å². The Labute approximate surface area is 135 Å². The number of hydrogen-bond acceptors (Lipinski definition) is 2. The Bertz CT molecular complexity index is 601. The lowest BCUT2D eigenvalue weighted by atomic mass is 9.85. The van der Waals surface area contributed by atoms with Gasteiger partial charge in [0, 0.05) is 18.7 Å². The molecule has 1 amide bonds. The summed E-state index contributed by atoms with van der Waals surface area (Å²) in [6.07, 6.45) is 9.20. The lowest BCUT2D eigenvalue weighted by Crippen LogP contribution is -2.42. The van der Waals surface area contributed by atoms with E-state index >= 15 is 0 Å². The Morgan fingerprint density at radius 3 is 2.52 bits per heavy atom. The molecule has 1 aliphatic rings. The van der Waals surface area contributed by atoms with Gasteiger partial charge in [-0.1, -0.05) is 25.7 Å². The Hall–Kier alpha value is -2.09. The van der Waals surface area contributed by atoms with Gasteiger partial charge in [-0.25, -0.2) is 8.78 Å². The van der Waals surface area contributed by atoms with Gasteiger partial charge in [0.15, 0.2) is 17.4 Å². The number of nitrogens with zero attached hydrogens (tertiary/aromatic N) is 1. The van der Waals surface area contributed by atoms with E-state index in [-0.39, 0.29) is 24.1 Å². The molecule has 0 radical (unpaired) electrons. The van der Waals surface area contributed by atoms with Crippen molar-refractivity contribution in [1.29, 1.82) is 0 Å². The molecule has 5 heteroatoms. The van der Waals surface area contributed by atoms with Gasteiger partial charge in [0.25, 0.3) is 5.91 Å². The zero-order valence-corrected chi connectivity index (χ0v) is 13.4. The van der Waals surface area contributed by atoms with E-state index in [4.69, 9.17) is 11.2 Å². The zero-order chi connectivity index (χ0) is 17.0. The van der Waals surface area contributed by atoms with Gasteiger partial charge in [0.05, 0.1) is 0 Å². The summed E-state index contributed by atoms with van der Waals surface area (Å²) in [5.41, 5.74) is -0.0201. The molecule has 2 atom stereocenters. The Balaban J connectivity index is 2.20. The van der Waals surface area contributed by atoms with Crippen LogP contribution in [0.3, 0.4) is 0 Å². The van der Waals surface area contributed by atoms with Crippen LogP contribution in [-0.2, 0) is 0 Å². The third kappa shape index (κ3) is 3.82. The van der Waals surface area contributed by atoms with Gasteiger partial charge in [0.1, 0.15) is 6.61 Å². The molecular weight excluding hydrogens is 300 g/mol. The number of terminal acetylenes is 1. The molecule has 124 valence electrons. The third-order valence-corrected chi connectivity index (χ3v) is 4.43. The molecule has 2 unspecified atom stereocenters. The number of halogens is 2. The predicted octanol–water partition coefficient (Wildman–Crippen LogP) is 3.63. The van der Waals surface area contributed by atoms with E-state index < -0.39 is 17.4 Å². The van der Waals surface area contributed by atoms with Crippen molar-refractivity contribution in [2.24, 2.45) is 5.92 Å². The SMILES string of the molecule is C#CCOc1c(F)cc(C(=O)N(C)C2CCCCC2C)cc1F. The molecule has 0 saturated heterocycles. The van der Waals surface area contributed by atoms with E-state index in [0.29, 0.717) is 5.92 Å². The average Bonchev–Trinajstić information content (AvgIpc) is 2.53. The molecule has 1 fully saturated rings. The van der Waals surface area contributed by atoms with Crippen molar-refractivity contribution in [2.75, 3.05) is 13.7 Å². The minimum Gasteiger partial charge on any atom is -0.475 e. The standard InChI is InChI=1S/C18H21F2NO2/c1-4-9-23-17-14(19)10-13(11-15(17)20)18(22)21(3)16-8-6-5-7-12(16)2/h1,10-12,16H,5-9H2,2-3H3. The lowest BCUT2D eigenvalue weighted by Gasteiger charge is -2.36. The zero-order valence-electron chi connectivity index (χ0n) is 13.4. The summed E-state index contributed by atoms with van der Waals surface area (Å²) in [7, 11) is 1.69. The lowest BCUT2D eigenvalue weighted by molar-refractivity contribution is 0.0628. The maximum absolute atomic E-state index is 14.0. The number of ether oxygens (including phenoxy) is 1. The van der Waals surface area contributed by atoms with Gasteiger partial charge in [0.2, 0.25) is 0 Å². The normalized spacial score (nSPS) is 20.7. The number of hydrogen-bond donors (Lipinski definition) is 0. The summed E-state index contributed by atoms with van der Waals surface area (Å²) < 4.78 is 32.8. The summed E-state index contributed by atoms with van der Waals surface area (Å²) in [5.74, 6) is -0.254. The van der Waals surface area contributed by atoms with Gasteiger partial charge in [-0.05, 0) is 30.9 Å². The molecule has 23 heavy (non-hydrogen) atoms. The van der Waals surface area contributed by atoms with E-state index in [2.05, 4.69) is 12.8 Å². The highest BCUT2D eigenvalue weighted by Gasteiger charge is 2.29. The minimum atomic E-state index is -0.923. The number of carbonyl (C=O) groups excluding carboxylic acids is 1. The molecule has 3 nitrogen and oxygen atoms in total. The van der Waals surface area contributed by atoms with Crippen molar-refractivity contribution in [1.82, 2.24) is 4.90 Å². The van der Waals surface area contributed by atoms with Crippen molar-refractivity contribution in [3.8, 4) is 18.1 Å². The van der Waals surface area contributed by atoms with Crippen molar-refractivity contribution in [3.63, 3.8) is 0 Å². The van der Waals surface area contributed by atoms with Crippen LogP contribution in [0.1, 0.15) is 43.0 Å². The average molecular weight is 321 g/mol. The van der Waals surface area contributed by atoms with Crippen LogP contribution in [-0.4, -0.2) is 30.5 Å². The second-order valence-electron chi connectivity index (χ2n) is 6.01. The molecular formula is C18H21F2NO2. The number of rotatable bonds is 4. The van der Waals surface area contributed by atoms with Gasteiger partial charge in [-0.3, -0.25) is 4.79 Å². The highest BCUT2D eigenvalue weighted by Crippen LogP contribution is 2.29. The first-order valence-electron chi connectivity index (χ1n) is 7.78. The maximum Gasteiger partial charge on any atom is 0.254 e.